The molecule has 0 fully saturated rings. The number of aryl methyl sites for hydroxylation is 1. The zero-order valence-electron chi connectivity index (χ0n) is 20.9. The van der Waals surface area contributed by atoms with Crippen LogP contribution < -0.4 is 14.8 Å². The first-order chi connectivity index (χ1) is 18.6. The van der Waals surface area contributed by atoms with Crippen LogP contribution in [0.3, 0.4) is 0 Å². The molecule has 7 heteroatoms. The molecular weight excluding hydrogens is 494 g/mol. The number of nitrogens with one attached hydrogen (secondary N) is 1. The molecule has 1 N–H and O–H groups in total. The number of methoxy groups -OCH3 is 1. The maximum Gasteiger partial charge on any atom is 0.266 e. The zero-order chi connectivity index (χ0) is 26.5. The third-order valence-corrected chi connectivity index (χ3v) is 7.79. The van der Waals surface area contributed by atoms with E-state index in [2.05, 4.69) is 35.7 Å². The highest BCUT2D eigenvalue weighted by atomic mass is 32.1. The van der Waals surface area contributed by atoms with Crippen LogP contribution in [-0.4, -0.2) is 13.0 Å². The molecule has 0 aliphatic heterocycles. The summed E-state index contributed by atoms with van der Waals surface area (Å²) in [6.45, 7) is 0.369. The molecule has 0 saturated heterocycles. The lowest BCUT2D eigenvalue weighted by molar-refractivity contribution is -0.112. The number of carbonyl (C=O) groups is 1. The van der Waals surface area contributed by atoms with Gasteiger partial charge in [0, 0.05) is 4.88 Å². The number of carbonyl (C=O) groups excluding carboxylic acids is 1. The molecule has 0 radical (unpaired) electrons. The number of amides is 1. The first kappa shape index (κ1) is 25.1. The molecular formula is C31H25N3O3S. The summed E-state index contributed by atoms with van der Waals surface area (Å²) >= 11 is 1.43. The van der Waals surface area contributed by atoms with Gasteiger partial charge in [-0.25, -0.2) is 0 Å². The molecule has 5 rings (SSSR count). The van der Waals surface area contributed by atoms with Crippen molar-refractivity contribution in [2.45, 2.75) is 32.3 Å². The molecule has 0 spiro atoms. The first-order valence-electron chi connectivity index (χ1n) is 12.4. The molecule has 38 heavy (non-hydrogen) atoms. The van der Waals surface area contributed by atoms with Crippen molar-refractivity contribution in [2.24, 2.45) is 0 Å². The average Bonchev–Trinajstić information content (AvgIpc) is 3.31. The highest BCUT2D eigenvalue weighted by Gasteiger charge is 2.22. The van der Waals surface area contributed by atoms with Crippen LogP contribution in [0.4, 0.5) is 5.00 Å². The van der Waals surface area contributed by atoms with E-state index in [1.165, 1.54) is 22.8 Å². The van der Waals surface area contributed by atoms with Gasteiger partial charge in [-0.05, 0) is 77.4 Å². The number of anilines is 1. The van der Waals surface area contributed by atoms with Gasteiger partial charge in [0.1, 0.15) is 29.3 Å². The van der Waals surface area contributed by atoms with E-state index >= 15 is 0 Å². The molecule has 0 saturated carbocycles. The summed E-state index contributed by atoms with van der Waals surface area (Å²) in [5, 5.41) is 25.0. The Labute approximate surface area is 225 Å². The fourth-order valence-corrected chi connectivity index (χ4v) is 5.88. The SMILES string of the molecule is COc1cc(/C=C(\C#N)C(=O)Nc2sc3c(c2C#N)CCCC3)ccc1OCc1ccc2ccccc2c1. The molecule has 4 aromatic rings. The molecule has 1 aromatic heterocycles. The van der Waals surface area contributed by atoms with E-state index in [0.29, 0.717) is 34.2 Å². The molecule has 0 atom stereocenters. The highest BCUT2D eigenvalue weighted by molar-refractivity contribution is 7.16. The van der Waals surface area contributed by atoms with E-state index in [1.807, 2.05) is 24.3 Å². The zero-order valence-corrected chi connectivity index (χ0v) is 21.7. The van der Waals surface area contributed by atoms with Crippen molar-refractivity contribution >= 4 is 39.1 Å². The van der Waals surface area contributed by atoms with Gasteiger partial charge in [-0.2, -0.15) is 10.5 Å². The van der Waals surface area contributed by atoms with Crippen molar-refractivity contribution in [3.05, 3.63) is 93.4 Å². The van der Waals surface area contributed by atoms with Crippen LogP contribution in [-0.2, 0) is 24.2 Å². The molecule has 3 aromatic carbocycles. The Bertz CT molecular complexity index is 1640. The average molecular weight is 520 g/mol. The molecule has 0 unspecified atom stereocenters. The van der Waals surface area contributed by atoms with Gasteiger partial charge in [0.25, 0.3) is 5.91 Å². The van der Waals surface area contributed by atoms with Crippen molar-refractivity contribution in [3.63, 3.8) is 0 Å². The smallest absolute Gasteiger partial charge is 0.266 e. The van der Waals surface area contributed by atoms with Gasteiger partial charge >= 0.3 is 0 Å². The van der Waals surface area contributed by atoms with Crippen molar-refractivity contribution < 1.29 is 14.3 Å². The summed E-state index contributed by atoms with van der Waals surface area (Å²) in [6, 6.07) is 23.8. The van der Waals surface area contributed by atoms with Gasteiger partial charge in [-0.1, -0.05) is 42.5 Å². The fraction of sp³-hybridized carbons (Fsp3) is 0.194. The van der Waals surface area contributed by atoms with Gasteiger partial charge < -0.3 is 14.8 Å². The minimum absolute atomic E-state index is 0.0628. The molecule has 1 aliphatic carbocycles. The molecule has 6 nitrogen and oxygen atoms in total. The van der Waals surface area contributed by atoms with Crippen LogP contribution in [0, 0.1) is 22.7 Å². The number of hydrogen-bond acceptors (Lipinski definition) is 6. The van der Waals surface area contributed by atoms with E-state index in [0.717, 1.165) is 47.1 Å². The van der Waals surface area contributed by atoms with Crippen LogP contribution in [0.25, 0.3) is 16.8 Å². The maximum absolute atomic E-state index is 12.9. The maximum atomic E-state index is 12.9. The van der Waals surface area contributed by atoms with Gasteiger partial charge in [0.2, 0.25) is 0 Å². The third-order valence-electron chi connectivity index (χ3n) is 6.58. The second-order valence-corrected chi connectivity index (χ2v) is 10.1. The minimum Gasteiger partial charge on any atom is -0.493 e. The van der Waals surface area contributed by atoms with Crippen LogP contribution in [0.1, 0.15) is 40.0 Å². The summed E-state index contributed by atoms with van der Waals surface area (Å²) in [5.41, 5.74) is 3.14. The summed E-state index contributed by atoms with van der Waals surface area (Å²) in [5.74, 6) is 0.511. The Kier molecular flexibility index (Phi) is 7.40. The third kappa shape index (κ3) is 5.25. The lowest BCUT2D eigenvalue weighted by Crippen LogP contribution is -2.13. The topological polar surface area (TPSA) is 95.1 Å². The Morgan fingerprint density at radius 1 is 1.03 bits per heavy atom. The van der Waals surface area contributed by atoms with E-state index in [-0.39, 0.29) is 5.57 Å². The lowest BCUT2D eigenvalue weighted by Gasteiger charge is -2.12. The van der Waals surface area contributed by atoms with Crippen LogP contribution in [0.15, 0.2) is 66.2 Å². The largest absolute Gasteiger partial charge is 0.493 e. The van der Waals surface area contributed by atoms with E-state index in [9.17, 15) is 15.3 Å². The summed E-state index contributed by atoms with van der Waals surface area (Å²) < 4.78 is 11.5. The normalized spacial score (nSPS) is 12.8. The van der Waals surface area contributed by atoms with Gasteiger partial charge in [0.05, 0.1) is 12.7 Å². The van der Waals surface area contributed by atoms with Gasteiger partial charge in [-0.3, -0.25) is 4.79 Å². The Morgan fingerprint density at radius 2 is 1.84 bits per heavy atom. The van der Waals surface area contributed by atoms with Crippen molar-refractivity contribution in [1.29, 1.82) is 10.5 Å². The number of rotatable bonds is 7. The van der Waals surface area contributed by atoms with Gasteiger partial charge in [-0.15, -0.1) is 11.3 Å². The fourth-order valence-electron chi connectivity index (χ4n) is 4.64. The number of ether oxygens (including phenoxy) is 2. The number of nitriles is 2. The van der Waals surface area contributed by atoms with E-state index in [4.69, 9.17) is 9.47 Å². The Morgan fingerprint density at radius 3 is 2.63 bits per heavy atom. The number of thiophene rings is 1. The number of fused-ring (bicyclic) bond motifs is 2. The minimum atomic E-state index is -0.543. The quantitative estimate of drug-likeness (QED) is 0.214. The molecule has 188 valence electrons. The highest BCUT2D eigenvalue weighted by Crippen LogP contribution is 2.38. The number of hydrogen-bond donors (Lipinski definition) is 1. The number of benzene rings is 3. The molecule has 1 aliphatic rings. The van der Waals surface area contributed by atoms with E-state index in [1.54, 1.807) is 25.3 Å². The lowest BCUT2D eigenvalue weighted by atomic mass is 9.96. The van der Waals surface area contributed by atoms with Crippen LogP contribution >= 0.6 is 11.3 Å². The van der Waals surface area contributed by atoms with Crippen molar-refractivity contribution in [2.75, 3.05) is 12.4 Å². The molecule has 1 amide bonds. The monoisotopic (exact) mass is 519 g/mol. The predicted octanol–water partition coefficient (Wildman–Crippen LogP) is 6.79. The second-order valence-electron chi connectivity index (χ2n) is 9.03. The summed E-state index contributed by atoms with van der Waals surface area (Å²) in [4.78, 5) is 14.1. The summed E-state index contributed by atoms with van der Waals surface area (Å²) in [6.07, 6.45) is 5.39. The molecule has 0 bridgehead atoms. The second kappa shape index (κ2) is 11.2. The van der Waals surface area contributed by atoms with Crippen LogP contribution in [0.5, 0.6) is 11.5 Å². The van der Waals surface area contributed by atoms with Crippen LogP contribution in [0.2, 0.25) is 0 Å². The Balaban J connectivity index is 1.32. The molecule has 1 heterocycles. The Hall–Kier alpha value is -4.59. The van der Waals surface area contributed by atoms with Gasteiger partial charge in [0.15, 0.2) is 11.5 Å². The van der Waals surface area contributed by atoms with Crippen molar-refractivity contribution in [1.82, 2.24) is 0 Å². The predicted molar refractivity (Wildman–Crippen MR) is 149 cm³/mol. The van der Waals surface area contributed by atoms with E-state index < -0.39 is 5.91 Å². The summed E-state index contributed by atoms with van der Waals surface area (Å²) in [7, 11) is 1.55. The number of nitrogens with zero attached hydrogens (tertiary/aromatic N) is 2. The van der Waals surface area contributed by atoms with Crippen molar-refractivity contribution in [3.8, 4) is 23.6 Å². The standard InChI is InChI=1S/C31H25N3O3S/c1-36-28-16-20(11-13-27(28)37-19-21-10-12-22-6-2-3-7-23(22)15-21)14-24(17-32)30(35)34-31-26(18-33)25-8-4-5-9-29(25)38-31/h2-3,6-7,10-16H,4-5,8-9,19H2,1H3,(H,34,35)/b24-14+. The first-order valence-corrected chi connectivity index (χ1v) is 13.2.